The van der Waals surface area contributed by atoms with E-state index in [2.05, 4.69) is 26.1 Å². The van der Waals surface area contributed by atoms with Crippen molar-refractivity contribution < 1.29 is 22.7 Å². The number of sulfonamides is 1. The van der Waals surface area contributed by atoms with E-state index >= 15 is 0 Å². The topological polar surface area (TPSA) is 128 Å². The van der Waals surface area contributed by atoms with Crippen molar-refractivity contribution in [1.29, 1.82) is 0 Å². The first kappa shape index (κ1) is 26.0. The Morgan fingerprint density at radius 1 is 1.03 bits per heavy atom. The van der Waals surface area contributed by atoms with Crippen LogP contribution >= 0.6 is 15.9 Å². The second-order valence-corrected chi connectivity index (χ2v) is 11.3. The number of rotatable bonds is 8. The normalized spacial score (nSPS) is 15.0. The molecule has 1 aliphatic rings. The molecular weight excluding hydrogens is 572 g/mol. The molecule has 3 N–H and O–H groups in total. The fraction of sp³-hybridized carbons (Fsp3) is 0.185. The monoisotopic (exact) mass is 596 g/mol. The van der Waals surface area contributed by atoms with Crippen molar-refractivity contribution in [2.75, 3.05) is 20.8 Å². The van der Waals surface area contributed by atoms with Gasteiger partial charge in [0.2, 0.25) is 10.0 Å². The van der Waals surface area contributed by atoms with E-state index in [1.165, 1.54) is 12.1 Å². The summed E-state index contributed by atoms with van der Waals surface area (Å²) in [7, 11) is -0.617. The second-order valence-electron chi connectivity index (χ2n) is 8.82. The molecule has 1 amide bonds. The number of primary sulfonamides is 1. The Labute approximate surface area is 228 Å². The number of hydrogen-bond donors (Lipinski definition) is 2. The van der Waals surface area contributed by atoms with Gasteiger partial charge < -0.3 is 14.4 Å². The number of aromatic nitrogens is 2. The number of amides is 1. The smallest absolute Gasteiger partial charge is 0.273 e. The molecule has 1 aliphatic heterocycles. The summed E-state index contributed by atoms with van der Waals surface area (Å²) in [6.45, 7) is 0.371. The lowest BCUT2D eigenvalue weighted by Crippen LogP contribution is -2.31. The van der Waals surface area contributed by atoms with Crippen molar-refractivity contribution in [3.63, 3.8) is 0 Å². The summed E-state index contributed by atoms with van der Waals surface area (Å²) < 4.78 is 35.3. The summed E-state index contributed by atoms with van der Waals surface area (Å²) in [5.41, 5.74) is 4.41. The van der Waals surface area contributed by atoms with Crippen LogP contribution in [-0.2, 0) is 16.4 Å². The second kappa shape index (κ2) is 10.2. The maximum Gasteiger partial charge on any atom is 0.273 e. The Morgan fingerprint density at radius 2 is 1.74 bits per heavy atom. The van der Waals surface area contributed by atoms with E-state index in [0.29, 0.717) is 35.9 Å². The molecule has 0 radical (unpaired) electrons. The van der Waals surface area contributed by atoms with Gasteiger partial charge in [0.1, 0.15) is 17.2 Å². The maximum atomic E-state index is 13.7. The van der Waals surface area contributed by atoms with Gasteiger partial charge in [0.15, 0.2) is 0 Å². The van der Waals surface area contributed by atoms with E-state index in [1.807, 2.05) is 36.4 Å². The minimum Gasteiger partial charge on any atom is -0.497 e. The minimum atomic E-state index is -3.78. The Morgan fingerprint density at radius 3 is 2.37 bits per heavy atom. The molecule has 3 aromatic carbocycles. The highest BCUT2D eigenvalue weighted by molar-refractivity contribution is 9.10. The highest BCUT2D eigenvalue weighted by Crippen LogP contribution is 2.46. The van der Waals surface area contributed by atoms with Crippen molar-refractivity contribution in [2.45, 2.75) is 17.4 Å². The SMILES string of the molecule is COc1ccc(C2c3c(-c4ccc(Br)cc4)n[nH]c3C(=O)N2CCc2ccc(S(N)(=O)=O)cc2)c(OC)c1. The van der Waals surface area contributed by atoms with Crippen LogP contribution in [0.5, 0.6) is 11.5 Å². The van der Waals surface area contributed by atoms with Crippen LogP contribution in [0, 0.1) is 0 Å². The number of hydrogen-bond acceptors (Lipinski definition) is 6. The zero-order chi connectivity index (χ0) is 27.0. The number of halogens is 1. The number of carbonyl (C=O) groups is 1. The number of carbonyl (C=O) groups excluding carboxylic acids is 1. The fourth-order valence-electron chi connectivity index (χ4n) is 4.72. The summed E-state index contributed by atoms with van der Waals surface area (Å²) in [5.74, 6) is 1.04. The first-order valence-corrected chi connectivity index (χ1v) is 14.0. The van der Waals surface area contributed by atoms with E-state index < -0.39 is 16.1 Å². The number of nitrogens with one attached hydrogen (secondary N) is 1. The largest absolute Gasteiger partial charge is 0.497 e. The Hall–Kier alpha value is -3.67. The van der Waals surface area contributed by atoms with Crippen molar-refractivity contribution in [3.05, 3.63) is 93.6 Å². The standard InChI is InChI=1S/C27H25BrN4O5S/c1-36-19-9-12-21(22(15-19)37-2)26-23-24(17-5-7-18(28)8-6-17)30-31-25(23)27(33)32(26)14-13-16-3-10-20(11-4-16)38(29,34)35/h3-12,15,26H,13-14H2,1-2H3,(H,30,31)(H2,29,34,35). The van der Waals surface area contributed by atoms with Gasteiger partial charge in [-0.15, -0.1) is 0 Å². The molecule has 0 saturated carbocycles. The zero-order valence-corrected chi connectivity index (χ0v) is 23.0. The molecule has 0 spiro atoms. The maximum absolute atomic E-state index is 13.7. The highest BCUT2D eigenvalue weighted by Gasteiger charge is 2.43. The lowest BCUT2D eigenvalue weighted by molar-refractivity contribution is 0.0744. The molecular formula is C27H25BrN4O5S. The van der Waals surface area contributed by atoms with Crippen LogP contribution in [0.2, 0.25) is 0 Å². The van der Waals surface area contributed by atoms with E-state index in [9.17, 15) is 13.2 Å². The molecule has 4 aromatic rings. The average Bonchev–Trinajstić information content (AvgIpc) is 3.46. The minimum absolute atomic E-state index is 0.0412. The number of benzene rings is 3. The number of methoxy groups -OCH3 is 2. The molecule has 1 atom stereocenters. The van der Waals surface area contributed by atoms with Gasteiger partial charge in [-0.25, -0.2) is 13.6 Å². The van der Waals surface area contributed by atoms with E-state index in [0.717, 1.165) is 26.7 Å². The average molecular weight is 597 g/mol. The molecule has 2 heterocycles. The Balaban J connectivity index is 1.56. The molecule has 5 rings (SSSR count). The van der Waals surface area contributed by atoms with Crippen LogP contribution in [0.15, 0.2) is 76.1 Å². The number of nitrogens with zero attached hydrogens (tertiary/aromatic N) is 2. The molecule has 0 bridgehead atoms. The van der Waals surface area contributed by atoms with Crippen molar-refractivity contribution in [2.24, 2.45) is 5.14 Å². The molecule has 9 nitrogen and oxygen atoms in total. The Bertz CT molecular complexity index is 1600. The van der Waals surface area contributed by atoms with E-state index in [4.69, 9.17) is 14.6 Å². The van der Waals surface area contributed by atoms with Crippen LogP contribution in [0.25, 0.3) is 11.3 Å². The lowest BCUT2D eigenvalue weighted by atomic mass is 9.95. The van der Waals surface area contributed by atoms with Gasteiger partial charge in [0.25, 0.3) is 5.91 Å². The van der Waals surface area contributed by atoms with E-state index in [-0.39, 0.29) is 10.8 Å². The summed E-state index contributed by atoms with van der Waals surface area (Å²) in [6.07, 6.45) is 0.497. The number of H-pyrrole nitrogens is 1. The lowest BCUT2D eigenvalue weighted by Gasteiger charge is -2.28. The number of fused-ring (bicyclic) bond motifs is 1. The predicted molar refractivity (Wildman–Crippen MR) is 146 cm³/mol. The summed E-state index contributed by atoms with van der Waals surface area (Å²) in [6, 6.07) is 19.2. The van der Waals surface area contributed by atoms with Crippen LogP contribution in [0.1, 0.15) is 33.2 Å². The van der Waals surface area contributed by atoms with Crippen molar-refractivity contribution in [1.82, 2.24) is 15.1 Å². The van der Waals surface area contributed by atoms with Gasteiger partial charge >= 0.3 is 0 Å². The quantitative estimate of drug-likeness (QED) is 0.312. The van der Waals surface area contributed by atoms with Crippen LogP contribution in [0.3, 0.4) is 0 Å². The fourth-order valence-corrected chi connectivity index (χ4v) is 5.50. The molecule has 11 heteroatoms. The molecule has 0 saturated heterocycles. The molecule has 196 valence electrons. The van der Waals surface area contributed by atoms with E-state index in [1.54, 1.807) is 37.3 Å². The Kier molecular flexibility index (Phi) is 6.99. The third-order valence-corrected chi connectivity index (χ3v) is 8.07. The first-order valence-electron chi connectivity index (χ1n) is 11.7. The number of ether oxygens (including phenoxy) is 2. The van der Waals surface area contributed by atoms with Crippen LogP contribution in [-0.4, -0.2) is 50.2 Å². The van der Waals surface area contributed by atoms with Crippen LogP contribution in [0.4, 0.5) is 0 Å². The van der Waals surface area contributed by atoms with Gasteiger partial charge in [-0.05, 0) is 48.4 Å². The predicted octanol–water partition coefficient (Wildman–Crippen LogP) is 4.29. The molecule has 38 heavy (non-hydrogen) atoms. The summed E-state index contributed by atoms with van der Waals surface area (Å²) >= 11 is 3.47. The van der Waals surface area contributed by atoms with Crippen molar-refractivity contribution >= 4 is 31.9 Å². The number of nitrogens with two attached hydrogens (primary N) is 1. The van der Waals surface area contributed by atoms with Crippen LogP contribution < -0.4 is 14.6 Å². The van der Waals surface area contributed by atoms with Gasteiger partial charge in [0.05, 0.1) is 30.9 Å². The van der Waals surface area contributed by atoms with Gasteiger partial charge in [0, 0.05) is 33.8 Å². The summed E-state index contributed by atoms with van der Waals surface area (Å²) in [5, 5.41) is 12.7. The molecule has 0 aliphatic carbocycles. The molecule has 1 aromatic heterocycles. The molecule has 0 fully saturated rings. The number of aromatic amines is 1. The van der Waals surface area contributed by atoms with Gasteiger partial charge in [-0.1, -0.05) is 40.2 Å². The van der Waals surface area contributed by atoms with Gasteiger partial charge in [-0.2, -0.15) is 5.10 Å². The first-order chi connectivity index (χ1) is 18.2. The third kappa shape index (κ3) is 4.80. The third-order valence-electron chi connectivity index (χ3n) is 6.61. The van der Waals surface area contributed by atoms with Crippen molar-refractivity contribution in [3.8, 4) is 22.8 Å². The van der Waals surface area contributed by atoms with Gasteiger partial charge in [-0.3, -0.25) is 9.89 Å². The highest BCUT2D eigenvalue weighted by atomic mass is 79.9. The summed E-state index contributed by atoms with van der Waals surface area (Å²) in [4.78, 5) is 15.5. The zero-order valence-electron chi connectivity index (χ0n) is 20.6. The molecule has 1 unspecified atom stereocenters.